The fraction of sp³-hybridized carbons (Fsp3) is 0.357. The van der Waals surface area contributed by atoms with Crippen molar-refractivity contribution in [1.29, 1.82) is 0 Å². The molecule has 0 amide bonds. The minimum absolute atomic E-state index is 0.0105. The lowest BCUT2D eigenvalue weighted by Crippen LogP contribution is -2.40. The van der Waals surface area contributed by atoms with Gasteiger partial charge in [-0.25, -0.2) is 9.98 Å². The standard InChI is InChI=1S/C28H31FN6O2/c1-3-30-28(34-18-5-4-6-20(36)13-18)25-16(2)31-15-22(25)26(37)21-10-12-24(35-27(21)29)33-19-9-11-23(32-14-19)17-7-8-17/h3,9-12,14-15,17-18,20,31,34,36H,2,4-8,13H2,1H3,(H,33,35)/b28-25-,30-3?/t18-,20-/m1/s1. The molecule has 0 bridgehead atoms. The van der Waals surface area contributed by atoms with Crippen molar-refractivity contribution in [3.8, 4) is 0 Å². The molecule has 2 aliphatic rings. The number of carbonyl (C=O) groups excluding carboxylic acids is 1. The number of carbonyl (C=O) groups is 1. The Bertz CT molecular complexity index is 1430. The van der Waals surface area contributed by atoms with Gasteiger partial charge in [0.15, 0.2) is 5.78 Å². The van der Waals surface area contributed by atoms with Gasteiger partial charge in [0, 0.05) is 35.4 Å². The fourth-order valence-corrected chi connectivity index (χ4v) is 4.77. The van der Waals surface area contributed by atoms with Crippen LogP contribution in [0.5, 0.6) is 0 Å². The minimum Gasteiger partial charge on any atom is -0.393 e. The molecule has 0 spiro atoms. The number of rotatable bonds is 8. The lowest BCUT2D eigenvalue weighted by molar-refractivity contribution is 0.103. The highest BCUT2D eigenvalue weighted by Gasteiger charge is 2.25. The summed E-state index contributed by atoms with van der Waals surface area (Å²) >= 11 is 0. The summed E-state index contributed by atoms with van der Waals surface area (Å²) in [6.45, 7) is 5.79. The van der Waals surface area contributed by atoms with Crippen LogP contribution >= 0.6 is 0 Å². The van der Waals surface area contributed by atoms with Gasteiger partial charge in [0.2, 0.25) is 5.95 Å². The van der Waals surface area contributed by atoms with Crippen molar-refractivity contribution in [2.45, 2.75) is 63.5 Å². The second kappa shape index (κ2) is 10.6. The van der Waals surface area contributed by atoms with Crippen molar-refractivity contribution in [2.75, 3.05) is 5.32 Å². The normalized spacial score (nSPS) is 20.6. The monoisotopic (exact) mass is 502 g/mol. The number of aromatic nitrogens is 3. The van der Waals surface area contributed by atoms with E-state index in [-0.39, 0.29) is 29.1 Å². The van der Waals surface area contributed by atoms with E-state index in [1.54, 1.807) is 25.4 Å². The van der Waals surface area contributed by atoms with E-state index in [9.17, 15) is 9.90 Å². The molecule has 3 heterocycles. The predicted molar refractivity (Wildman–Crippen MR) is 142 cm³/mol. The van der Waals surface area contributed by atoms with Gasteiger partial charge < -0.3 is 20.7 Å². The molecule has 3 aromatic heterocycles. The van der Waals surface area contributed by atoms with Crippen LogP contribution in [0.15, 0.2) is 41.7 Å². The molecule has 0 aromatic carbocycles. The van der Waals surface area contributed by atoms with Crippen LogP contribution < -0.4 is 21.2 Å². The largest absolute Gasteiger partial charge is 0.393 e. The topological polar surface area (TPSA) is 115 Å². The summed E-state index contributed by atoms with van der Waals surface area (Å²) in [5, 5.41) is 17.4. The van der Waals surface area contributed by atoms with Gasteiger partial charge in [-0.3, -0.25) is 9.78 Å². The Morgan fingerprint density at radius 3 is 2.73 bits per heavy atom. The van der Waals surface area contributed by atoms with Gasteiger partial charge in [0.25, 0.3) is 0 Å². The molecule has 37 heavy (non-hydrogen) atoms. The number of nitrogens with one attached hydrogen (secondary N) is 3. The van der Waals surface area contributed by atoms with Gasteiger partial charge >= 0.3 is 0 Å². The summed E-state index contributed by atoms with van der Waals surface area (Å²) in [6, 6.07) is 6.86. The lowest BCUT2D eigenvalue weighted by Gasteiger charge is -2.27. The van der Waals surface area contributed by atoms with Gasteiger partial charge in [-0.05, 0) is 69.7 Å². The summed E-state index contributed by atoms with van der Waals surface area (Å²) in [5.74, 6) is -0.105. The summed E-state index contributed by atoms with van der Waals surface area (Å²) in [4.78, 5) is 29.3. The number of ketones is 1. The number of nitrogens with zero attached hydrogens (tertiary/aromatic N) is 3. The molecule has 192 valence electrons. The summed E-state index contributed by atoms with van der Waals surface area (Å²) in [7, 11) is 0. The maximum atomic E-state index is 15.1. The molecule has 0 aliphatic heterocycles. The Morgan fingerprint density at radius 1 is 1.22 bits per heavy atom. The first-order valence-electron chi connectivity index (χ1n) is 12.7. The molecular weight excluding hydrogens is 471 g/mol. The summed E-state index contributed by atoms with van der Waals surface area (Å²) in [5.41, 5.74) is 1.85. The third-order valence-electron chi connectivity index (χ3n) is 6.84. The molecule has 0 radical (unpaired) electrons. The van der Waals surface area contributed by atoms with Crippen LogP contribution in [0.1, 0.15) is 73.0 Å². The number of aliphatic hydroxyl groups excluding tert-OH is 1. The predicted octanol–water partition coefficient (Wildman–Crippen LogP) is 3.26. The minimum atomic E-state index is -0.876. The molecule has 5 rings (SSSR count). The van der Waals surface area contributed by atoms with Crippen molar-refractivity contribution in [2.24, 2.45) is 4.99 Å². The van der Waals surface area contributed by atoms with E-state index in [2.05, 4.69) is 37.2 Å². The van der Waals surface area contributed by atoms with E-state index in [1.807, 2.05) is 12.1 Å². The van der Waals surface area contributed by atoms with Crippen molar-refractivity contribution >= 4 is 35.9 Å². The Morgan fingerprint density at radius 2 is 2.05 bits per heavy atom. The van der Waals surface area contributed by atoms with Crippen LogP contribution in [-0.2, 0) is 0 Å². The Kier molecular flexibility index (Phi) is 7.14. The number of aliphatic hydroxyl groups is 1. The second-order valence-electron chi connectivity index (χ2n) is 9.69. The zero-order valence-electron chi connectivity index (χ0n) is 20.8. The maximum absolute atomic E-state index is 15.1. The molecule has 8 nitrogen and oxygen atoms in total. The van der Waals surface area contributed by atoms with E-state index in [1.165, 1.54) is 25.1 Å². The number of hydrogen-bond acceptors (Lipinski definition) is 7. The number of H-pyrrole nitrogens is 1. The van der Waals surface area contributed by atoms with Crippen molar-refractivity contribution < 1.29 is 14.3 Å². The first-order valence-corrected chi connectivity index (χ1v) is 12.7. The van der Waals surface area contributed by atoms with Crippen LogP contribution in [0, 0.1) is 5.95 Å². The maximum Gasteiger partial charge on any atom is 0.226 e. The molecule has 4 N–H and O–H groups in total. The zero-order chi connectivity index (χ0) is 25.9. The van der Waals surface area contributed by atoms with Gasteiger partial charge in [0.05, 0.1) is 34.3 Å². The third-order valence-corrected chi connectivity index (χ3v) is 6.84. The molecule has 2 atom stereocenters. The first kappa shape index (κ1) is 24.8. The zero-order valence-corrected chi connectivity index (χ0v) is 20.8. The van der Waals surface area contributed by atoms with Crippen LogP contribution in [0.2, 0.25) is 0 Å². The Hall–Kier alpha value is -3.85. The van der Waals surface area contributed by atoms with Crippen LogP contribution in [0.25, 0.3) is 12.4 Å². The van der Waals surface area contributed by atoms with Crippen molar-refractivity contribution in [1.82, 2.24) is 20.3 Å². The molecule has 2 saturated carbocycles. The van der Waals surface area contributed by atoms with Crippen molar-refractivity contribution in [3.05, 3.63) is 70.0 Å². The number of aliphatic imine (C=N–C) groups is 1. The number of anilines is 2. The van der Waals surface area contributed by atoms with Crippen LogP contribution in [-0.4, -0.2) is 44.2 Å². The van der Waals surface area contributed by atoms with E-state index in [0.717, 1.165) is 25.0 Å². The van der Waals surface area contributed by atoms with Gasteiger partial charge in [0.1, 0.15) is 11.6 Å². The van der Waals surface area contributed by atoms with E-state index >= 15 is 4.39 Å². The third kappa shape index (κ3) is 5.61. The second-order valence-corrected chi connectivity index (χ2v) is 9.69. The summed E-state index contributed by atoms with van der Waals surface area (Å²) < 4.78 is 15.1. The van der Waals surface area contributed by atoms with Crippen LogP contribution in [0.4, 0.5) is 15.9 Å². The van der Waals surface area contributed by atoms with E-state index in [4.69, 9.17) is 0 Å². The average Bonchev–Trinajstić information content (AvgIpc) is 3.65. The van der Waals surface area contributed by atoms with Gasteiger partial charge in [-0.1, -0.05) is 6.58 Å². The number of pyridine rings is 2. The molecule has 3 aromatic rings. The van der Waals surface area contributed by atoms with Crippen LogP contribution in [0.3, 0.4) is 0 Å². The molecule has 9 heteroatoms. The highest BCUT2D eigenvalue weighted by atomic mass is 19.1. The number of aromatic amines is 1. The average molecular weight is 503 g/mol. The summed E-state index contributed by atoms with van der Waals surface area (Å²) in [6.07, 6.45) is 9.96. The lowest BCUT2D eigenvalue weighted by atomic mass is 9.93. The molecule has 2 fully saturated rings. The molecule has 2 aliphatic carbocycles. The molecular formula is C28H31FN6O2. The highest BCUT2D eigenvalue weighted by molar-refractivity contribution is 6.09. The smallest absolute Gasteiger partial charge is 0.226 e. The first-order chi connectivity index (χ1) is 17.9. The Balaban J connectivity index is 1.41. The highest BCUT2D eigenvalue weighted by Crippen LogP contribution is 2.39. The van der Waals surface area contributed by atoms with E-state index < -0.39 is 11.7 Å². The van der Waals surface area contributed by atoms with Gasteiger partial charge in [-0.2, -0.15) is 4.39 Å². The Labute approximate surface area is 214 Å². The SMILES string of the molecule is C=c1[nH]cc(C(=O)c2ccc(Nc3ccc(C4CC4)nc3)nc2F)/c1=C(/N=CC)N[C@@H]1CCC[C@@H](O)C1. The van der Waals surface area contributed by atoms with Gasteiger partial charge in [-0.15, -0.1) is 0 Å². The quantitative estimate of drug-likeness (QED) is 0.214. The van der Waals surface area contributed by atoms with Crippen molar-refractivity contribution in [3.63, 3.8) is 0 Å². The number of halogens is 1. The van der Waals surface area contributed by atoms with E-state index in [0.29, 0.717) is 34.4 Å². The molecule has 0 saturated heterocycles. The number of hydrogen-bond donors (Lipinski definition) is 4. The fourth-order valence-electron chi connectivity index (χ4n) is 4.77. The molecule has 0 unspecified atom stereocenters.